The summed E-state index contributed by atoms with van der Waals surface area (Å²) in [5.74, 6) is -0.185. The Balaban J connectivity index is 1.27. The molecular formula is C24H24ClFN4O2. The van der Waals surface area contributed by atoms with E-state index in [1.807, 2.05) is 24.3 Å². The number of benzene rings is 2. The fraction of sp³-hybridized carbons (Fsp3) is 0.333. The molecule has 0 spiro atoms. The standard InChI is InChI=1S/C24H24ClFN4O2/c25-19-13-17(26)7-10-23(19)30(15-31)12-11-16-5-8-18(9-6-16)28-24(32)22-14-27-20-3-1-2-4-21(20)29-22/h1-4,7,10,13-16,18H,5-6,8-9,11-12H2,(H,28,32)/t16-,18+. The van der Waals surface area contributed by atoms with E-state index in [1.165, 1.54) is 29.3 Å². The van der Waals surface area contributed by atoms with Crippen molar-refractivity contribution in [1.82, 2.24) is 15.3 Å². The zero-order valence-corrected chi connectivity index (χ0v) is 18.3. The van der Waals surface area contributed by atoms with Gasteiger partial charge in [-0.3, -0.25) is 14.6 Å². The van der Waals surface area contributed by atoms with Gasteiger partial charge in [0.05, 0.1) is 27.9 Å². The van der Waals surface area contributed by atoms with E-state index in [-0.39, 0.29) is 17.0 Å². The Hall–Kier alpha value is -3.06. The molecule has 1 fully saturated rings. The number of carbonyl (C=O) groups excluding carboxylic acids is 2. The van der Waals surface area contributed by atoms with Crippen molar-refractivity contribution in [3.63, 3.8) is 0 Å². The minimum absolute atomic E-state index is 0.0979. The van der Waals surface area contributed by atoms with Crippen LogP contribution in [0, 0.1) is 11.7 Å². The van der Waals surface area contributed by atoms with E-state index in [4.69, 9.17) is 11.6 Å². The third kappa shape index (κ3) is 5.22. The van der Waals surface area contributed by atoms with Gasteiger partial charge in [0.15, 0.2) is 0 Å². The number of hydrogen-bond donors (Lipinski definition) is 1. The summed E-state index contributed by atoms with van der Waals surface area (Å²) in [6.07, 6.45) is 6.72. The first-order valence-corrected chi connectivity index (χ1v) is 11.1. The Bertz CT molecular complexity index is 1120. The molecule has 4 rings (SSSR count). The average Bonchev–Trinajstić information content (AvgIpc) is 2.81. The Labute approximate surface area is 190 Å². The topological polar surface area (TPSA) is 75.2 Å². The summed E-state index contributed by atoms with van der Waals surface area (Å²) in [5.41, 5.74) is 2.30. The molecule has 3 aromatic rings. The van der Waals surface area contributed by atoms with E-state index >= 15 is 0 Å². The molecule has 1 aromatic heterocycles. The Morgan fingerprint density at radius 1 is 1.16 bits per heavy atom. The van der Waals surface area contributed by atoms with E-state index in [9.17, 15) is 14.0 Å². The van der Waals surface area contributed by atoms with Crippen molar-refractivity contribution in [2.45, 2.75) is 38.1 Å². The quantitative estimate of drug-likeness (QED) is 0.522. The molecule has 2 amide bonds. The Kier molecular flexibility index (Phi) is 6.95. The molecule has 0 radical (unpaired) electrons. The molecule has 0 aliphatic heterocycles. The van der Waals surface area contributed by atoms with Crippen LogP contribution in [-0.4, -0.2) is 34.9 Å². The summed E-state index contributed by atoms with van der Waals surface area (Å²) < 4.78 is 13.3. The van der Waals surface area contributed by atoms with Gasteiger partial charge in [0.1, 0.15) is 11.5 Å². The van der Waals surface area contributed by atoms with Gasteiger partial charge in [-0.2, -0.15) is 0 Å². The normalized spacial score (nSPS) is 18.3. The fourth-order valence-corrected chi connectivity index (χ4v) is 4.46. The molecule has 1 aliphatic carbocycles. The second kappa shape index (κ2) is 10.0. The molecule has 1 aliphatic rings. The third-order valence-corrected chi connectivity index (χ3v) is 6.29. The number of amides is 2. The molecule has 6 nitrogen and oxygen atoms in total. The van der Waals surface area contributed by atoms with Crippen molar-refractivity contribution in [3.05, 3.63) is 65.2 Å². The van der Waals surface area contributed by atoms with Gasteiger partial charge in [0, 0.05) is 12.6 Å². The van der Waals surface area contributed by atoms with Crippen LogP contribution in [0.15, 0.2) is 48.7 Å². The maximum absolute atomic E-state index is 13.3. The van der Waals surface area contributed by atoms with Gasteiger partial charge in [-0.25, -0.2) is 9.37 Å². The van der Waals surface area contributed by atoms with Gasteiger partial charge in [-0.1, -0.05) is 23.7 Å². The molecule has 0 unspecified atom stereocenters. The van der Waals surface area contributed by atoms with E-state index in [1.54, 1.807) is 0 Å². The summed E-state index contributed by atoms with van der Waals surface area (Å²) in [5, 5.41) is 3.30. The fourth-order valence-electron chi connectivity index (χ4n) is 4.19. The van der Waals surface area contributed by atoms with Crippen molar-refractivity contribution < 1.29 is 14.0 Å². The largest absolute Gasteiger partial charge is 0.348 e. The van der Waals surface area contributed by atoms with Crippen LogP contribution in [0.1, 0.15) is 42.6 Å². The molecule has 1 saturated carbocycles. The van der Waals surface area contributed by atoms with Gasteiger partial charge in [-0.05, 0) is 68.4 Å². The highest BCUT2D eigenvalue weighted by Gasteiger charge is 2.24. The Morgan fingerprint density at radius 2 is 1.91 bits per heavy atom. The number of halogens is 2. The number of para-hydroxylation sites is 2. The van der Waals surface area contributed by atoms with Gasteiger partial charge >= 0.3 is 0 Å². The van der Waals surface area contributed by atoms with E-state index < -0.39 is 5.82 Å². The van der Waals surface area contributed by atoms with Gasteiger partial charge in [-0.15, -0.1) is 0 Å². The van der Waals surface area contributed by atoms with Crippen molar-refractivity contribution >= 4 is 40.6 Å². The molecular weight excluding hydrogens is 431 g/mol. The highest BCUT2D eigenvalue weighted by atomic mass is 35.5. The van der Waals surface area contributed by atoms with Crippen LogP contribution in [0.2, 0.25) is 5.02 Å². The number of rotatable bonds is 7. The first-order chi connectivity index (χ1) is 15.5. The highest BCUT2D eigenvalue weighted by Crippen LogP contribution is 2.30. The molecule has 1 heterocycles. The number of aromatic nitrogens is 2. The molecule has 0 atom stereocenters. The summed E-state index contributed by atoms with van der Waals surface area (Å²) in [7, 11) is 0. The van der Waals surface area contributed by atoms with Gasteiger partial charge < -0.3 is 10.2 Å². The van der Waals surface area contributed by atoms with Crippen LogP contribution in [0.3, 0.4) is 0 Å². The van der Waals surface area contributed by atoms with Crippen molar-refractivity contribution in [2.24, 2.45) is 5.92 Å². The minimum atomic E-state index is -0.431. The number of hydrogen-bond acceptors (Lipinski definition) is 4. The lowest BCUT2D eigenvalue weighted by molar-refractivity contribution is -0.107. The monoisotopic (exact) mass is 454 g/mol. The van der Waals surface area contributed by atoms with Crippen LogP contribution in [0.4, 0.5) is 10.1 Å². The molecule has 0 bridgehead atoms. The summed E-state index contributed by atoms with van der Waals surface area (Å²) in [6, 6.07) is 11.6. The summed E-state index contributed by atoms with van der Waals surface area (Å²) in [6.45, 7) is 0.517. The average molecular weight is 455 g/mol. The van der Waals surface area contributed by atoms with Crippen LogP contribution >= 0.6 is 11.6 Å². The van der Waals surface area contributed by atoms with Gasteiger partial charge in [0.2, 0.25) is 6.41 Å². The summed E-state index contributed by atoms with van der Waals surface area (Å²) >= 11 is 6.08. The second-order valence-electron chi connectivity index (χ2n) is 8.12. The van der Waals surface area contributed by atoms with Crippen LogP contribution in [-0.2, 0) is 4.79 Å². The van der Waals surface area contributed by atoms with E-state index in [0.29, 0.717) is 29.4 Å². The van der Waals surface area contributed by atoms with Crippen molar-refractivity contribution in [1.29, 1.82) is 0 Å². The van der Waals surface area contributed by atoms with E-state index in [0.717, 1.165) is 44.0 Å². The second-order valence-corrected chi connectivity index (χ2v) is 8.53. The lowest BCUT2D eigenvalue weighted by Crippen LogP contribution is -2.38. The number of carbonyl (C=O) groups is 2. The predicted octanol–water partition coefficient (Wildman–Crippen LogP) is 4.76. The predicted molar refractivity (Wildman–Crippen MR) is 122 cm³/mol. The molecule has 2 aromatic carbocycles. The third-order valence-electron chi connectivity index (χ3n) is 5.99. The zero-order valence-electron chi connectivity index (χ0n) is 17.5. The van der Waals surface area contributed by atoms with Crippen molar-refractivity contribution in [2.75, 3.05) is 11.4 Å². The van der Waals surface area contributed by atoms with E-state index in [2.05, 4.69) is 15.3 Å². The van der Waals surface area contributed by atoms with Crippen molar-refractivity contribution in [3.8, 4) is 0 Å². The SMILES string of the molecule is O=CN(CC[C@H]1CC[C@@H](NC(=O)c2cnc3ccccc3n2)CC1)c1ccc(F)cc1Cl. The highest BCUT2D eigenvalue weighted by molar-refractivity contribution is 6.33. The zero-order chi connectivity index (χ0) is 22.5. The Morgan fingerprint density at radius 3 is 2.62 bits per heavy atom. The molecule has 32 heavy (non-hydrogen) atoms. The lowest BCUT2D eigenvalue weighted by Gasteiger charge is -2.30. The minimum Gasteiger partial charge on any atom is -0.348 e. The van der Waals surface area contributed by atoms with Gasteiger partial charge in [0.25, 0.3) is 5.91 Å². The molecule has 166 valence electrons. The molecule has 8 heteroatoms. The molecule has 1 N–H and O–H groups in total. The van der Waals surface area contributed by atoms with Crippen LogP contribution in [0.25, 0.3) is 11.0 Å². The lowest BCUT2D eigenvalue weighted by atomic mass is 9.84. The number of nitrogens with zero attached hydrogens (tertiary/aromatic N) is 3. The maximum Gasteiger partial charge on any atom is 0.271 e. The first kappa shape index (κ1) is 22.1. The first-order valence-electron chi connectivity index (χ1n) is 10.7. The smallest absolute Gasteiger partial charge is 0.271 e. The number of anilines is 1. The summed E-state index contributed by atoms with van der Waals surface area (Å²) in [4.78, 5) is 34.4. The van der Waals surface area contributed by atoms with Crippen LogP contribution < -0.4 is 10.2 Å². The molecule has 0 saturated heterocycles. The number of fused-ring (bicyclic) bond motifs is 1. The maximum atomic E-state index is 13.3. The number of nitrogens with one attached hydrogen (secondary N) is 1. The van der Waals surface area contributed by atoms with Crippen LogP contribution in [0.5, 0.6) is 0 Å².